The molecule has 0 amide bonds. The maximum Gasteiger partial charge on any atom is 0.326 e. The van der Waals surface area contributed by atoms with Crippen molar-refractivity contribution in [1.29, 1.82) is 0 Å². The van der Waals surface area contributed by atoms with Gasteiger partial charge in [-0.15, -0.1) is 0 Å². The molecule has 0 fully saturated rings. The van der Waals surface area contributed by atoms with Gasteiger partial charge in [-0.3, -0.25) is 14.2 Å². The standard InChI is InChI=1S/C18H15FN2O4/c1-24-16-7-6-13(19)8-12(16)10-25-17(22)9-21-11-20-15-5-3-2-4-14(15)18(21)23/h2-8,11H,9-10H2,1H3. The van der Waals surface area contributed by atoms with Crippen LogP contribution in [0.5, 0.6) is 5.75 Å². The number of methoxy groups -OCH3 is 1. The maximum atomic E-state index is 13.3. The highest BCUT2D eigenvalue weighted by Crippen LogP contribution is 2.20. The van der Waals surface area contributed by atoms with Crippen LogP contribution in [0.3, 0.4) is 0 Å². The fourth-order valence-corrected chi connectivity index (χ4v) is 2.42. The molecule has 0 aliphatic rings. The highest BCUT2D eigenvalue weighted by molar-refractivity contribution is 5.77. The number of hydrogen-bond donors (Lipinski definition) is 0. The molecular weight excluding hydrogens is 327 g/mol. The summed E-state index contributed by atoms with van der Waals surface area (Å²) in [5.74, 6) is -0.675. The van der Waals surface area contributed by atoms with E-state index in [0.717, 1.165) is 0 Å². The van der Waals surface area contributed by atoms with Gasteiger partial charge in [-0.1, -0.05) is 12.1 Å². The Balaban J connectivity index is 1.72. The summed E-state index contributed by atoms with van der Waals surface area (Å²) in [5.41, 5.74) is 0.632. The Labute approximate surface area is 142 Å². The molecule has 0 aliphatic heterocycles. The highest BCUT2D eigenvalue weighted by Gasteiger charge is 2.11. The van der Waals surface area contributed by atoms with Crippen molar-refractivity contribution in [3.8, 4) is 5.75 Å². The van der Waals surface area contributed by atoms with Gasteiger partial charge in [0.15, 0.2) is 0 Å². The van der Waals surface area contributed by atoms with Crippen LogP contribution < -0.4 is 10.3 Å². The van der Waals surface area contributed by atoms with Crippen molar-refractivity contribution in [3.63, 3.8) is 0 Å². The molecular formula is C18H15FN2O4. The van der Waals surface area contributed by atoms with E-state index in [1.165, 1.54) is 36.2 Å². The van der Waals surface area contributed by atoms with E-state index < -0.39 is 11.8 Å². The monoisotopic (exact) mass is 342 g/mol. The molecule has 0 unspecified atom stereocenters. The van der Waals surface area contributed by atoms with Crippen LogP contribution in [-0.2, 0) is 22.7 Å². The van der Waals surface area contributed by atoms with Gasteiger partial charge in [-0.2, -0.15) is 0 Å². The number of esters is 1. The van der Waals surface area contributed by atoms with Gasteiger partial charge in [0.1, 0.15) is 24.7 Å². The second-order valence-electron chi connectivity index (χ2n) is 5.31. The average molecular weight is 342 g/mol. The van der Waals surface area contributed by atoms with E-state index in [4.69, 9.17) is 9.47 Å². The van der Waals surface area contributed by atoms with Gasteiger partial charge >= 0.3 is 5.97 Å². The SMILES string of the molecule is COc1ccc(F)cc1COC(=O)Cn1cnc2ccccc2c1=O. The topological polar surface area (TPSA) is 70.4 Å². The fraction of sp³-hybridized carbons (Fsp3) is 0.167. The Kier molecular flexibility index (Phi) is 4.74. The van der Waals surface area contributed by atoms with Crippen LogP contribution in [0.1, 0.15) is 5.56 Å². The first-order valence-electron chi connectivity index (χ1n) is 7.50. The molecule has 0 saturated carbocycles. The van der Waals surface area contributed by atoms with Crippen molar-refractivity contribution >= 4 is 16.9 Å². The Bertz CT molecular complexity index is 984. The lowest BCUT2D eigenvalue weighted by molar-refractivity contribution is -0.145. The van der Waals surface area contributed by atoms with E-state index in [2.05, 4.69) is 4.98 Å². The Morgan fingerprint density at radius 1 is 1.24 bits per heavy atom. The average Bonchev–Trinajstić information content (AvgIpc) is 2.63. The smallest absolute Gasteiger partial charge is 0.326 e. The van der Waals surface area contributed by atoms with Crippen molar-refractivity contribution < 1.29 is 18.7 Å². The van der Waals surface area contributed by atoms with Crippen LogP contribution in [0.2, 0.25) is 0 Å². The summed E-state index contributed by atoms with van der Waals surface area (Å²) in [6.45, 7) is -0.441. The summed E-state index contributed by atoms with van der Waals surface area (Å²) >= 11 is 0. The van der Waals surface area contributed by atoms with Crippen molar-refractivity contribution in [1.82, 2.24) is 9.55 Å². The molecule has 6 nitrogen and oxygen atoms in total. The zero-order valence-corrected chi connectivity index (χ0v) is 13.4. The third kappa shape index (κ3) is 3.65. The second kappa shape index (κ2) is 7.12. The lowest BCUT2D eigenvalue weighted by atomic mass is 10.2. The molecule has 0 atom stereocenters. The van der Waals surface area contributed by atoms with Crippen LogP contribution in [0.25, 0.3) is 10.9 Å². The number of para-hydroxylation sites is 1. The lowest BCUT2D eigenvalue weighted by Gasteiger charge is -2.10. The zero-order valence-electron chi connectivity index (χ0n) is 13.4. The van der Waals surface area contributed by atoms with Gasteiger partial charge in [-0.05, 0) is 30.3 Å². The van der Waals surface area contributed by atoms with Crippen molar-refractivity contribution in [2.24, 2.45) is 0 Å². The van der Waals surface area contributed by atoms with Crippen LogP contribution in [-0.4, -0.2) is 22.6 Å². The minimum absolute atomic E-state index is 0.157. The van der Waals surface area contributed by atoms with Gasteiger partial charge in [-0.25, -0.2) is 9.37 Å². The molecule has 0 aliphatic carbocycles. The number of carbonyl (C=O) groups is 1. The molecule has 0 radical (unpaired) electrons. The summed E-state index contributed by atoms with van der Waals surface area (Å²) in [4.78, 5) is 28.5. The van der Waals surface area contributed by atoms with E-state index in [1.807, 2.05) is 0 Å². The minimum Gasteiger partial charge on any atom is -0.496 e. The highest BCUT2D eigenvalue weighted by atomic mass is 19.1. The zero-order chi connectivity index (χ0) is 17.8. The van der Waals surface area contributed by atoms with E-state index in [-0.39, 0.29) is 18.7 Å². The molecule has 3 aromatic rings. The molecule has 1 heterocycles. The largest absolute Gasteiger partial charge is 0.496 e. The molecule has 1 aromatic heterocycles. The van der Waals surface area contributed by atoms with Crippen LogP contribution in [0.15, 0.2) is 53.6 Å². The number of halogens is 1. The van der Waals surface area contributed by atoms with Crippen LogP contribution in [0, 0.1) is 5.82 Å². The predicted molar refractivity (Wildman–Crippen MR) is 88.8 cm³/mol. The molecule has 2 aromatic carbocycles. The normalized spacial score (nSPS) is 10.6. The first-order valence-corrected chi connectivity index (χ1v) is 7.50. The molecule has 0 bridgehead atoms. The third-order valence-corrected chi connectivity index (χ3v) is 3.66. The number of carbonyl (C=O) groups excluding carboxylic acids is 1. The van der Waals surface area contributed by atoms with E-state index in [1.54, 1.807) is 24.3 Å². The van der Waals surface area contributed by atoms with Crippen molar-refractivity contribution in [2.75, 3.05) is 7.11 Å². The quantitative estimate of drug-likeness (QED) is 0.665. The molecule has 128 valence electrons. The summed E-state index contributed by atoms with van der Waals surface area (Å²) in [6.07, 6.45) is 1.30. The Hall–Kier alpha value is -3.22. The van der Waals surface area contributed by atoms with E-state index >= 15 is 0 Å². The third-order valence-electron chi connectivity index (χ3n) is 3.66. The maximum absolute atomic E-state index is 13.3. The van der Waals surface area contributed by atoms with E-state index in [0.29, 0.717) is 22.2 Å². The summed E-state index contributed by atoms with van der Waals surface area (Å²) < 4.78 is 24.7. The number of benzene rings is 2. The molecule has 25 heavy (non-hydrogen) atoms. The Morgan fingerprint density at radius 2 is 2.04 bits per heavy atom. The molecule has 0 saturated heterocycles. The lowest BCUT2D eigenvalue weighted by Crippen LogP contribution is -2.25. The summed E-state index contributed by atoms with van der Waals surface area (Å²) in [5, 5.41) is 0.421. The summed E-state index contributed by atoms with van der Waals surface area (Å²) in [7, 11) is 1.44. The molecule has 0 spiro atoms. The van der Waals surface area contributed by atoms with Crippen molar-refractivity contribution in [2.45, 2.75) is 13.2 Å². The minimum atomic E-state index is -0.634. The van der Waals surface area contributed by atoms with Gasteiger partial charge in [0, 0.05) is 5.56 Å². The van der Waals surface area contributed by atoms with Gasteiger partial charge < -0.3 is 9.47 Å². The fourth-order valence-electron chi connectivity index (χ4n) is 2.42. The molecule has 7 heteroatoms. The number of aromatic nitrogens is 2. The first kappa shape index (κ1) is 16.6. The van der Waals surface area contributed by atoms with E-state index in [9.17, 15) is 14.0 Å². The first-order chi connectivity index (χ1) is 12.1. The van der Waals surface area contributed by atoms with Gasteiger partial charge in [0.25, 0.3) is 5.56 Å². The second-order valence-corrected chi connectivity index (χ2v) is 5.31. The van der Waals surface area contributed by atoms with Crippen LogP contribution in [0.4, 0.5) is 4.39 Å². The molecule has 3 rings (SSSR count). The number of ether oxygens (including phenoxy) is 2. The number of nitrogens with zero attached hydrogens (tertiary/aromatic N) is 2. The summed E-state index contributed by atoms with van der Waals surface area (Å²) in [6, 6.07) is 10.8. The number of hydrogen-bond acceptors (Lipinski definition) is 5. The number of fused-ring (bicyclic) bond motifs is 1. The van der Waals surface area contributed by atoms with Gasteiger partial charge in [0.05, 0.1) is 24.3 Å². The molecule has 0 N–H and O–H groups in total. The van der Waals surface area contributed by atoms with Crippen LogP contribution >= 0.6 is 0 Å². The van der Waals surface area contributed by atoms with Gasteiger partial charge in [0.2, 0.25) is 0 Å². The predicted octanol–water partition coefficient (Wildman–Crippen LogP) is 2.29. The van der Waals surface area contributed by atoms with Crippen molar-refractivity contribution in [3.05, 3.63) is 70.5 Å². The number of rotatable bonds is 5. The Morgan fingerprint density at radius 3 is 2.84 bits per heavy atom.